The van der Waals surface area contributed by atoms with Crippen LogP contribution in [0.3, 0.4) is 0 Å². The van der Waals surface area contributed by atoms with Gasteiger partial charge in [-0.3, -0.25) is 4.79 Å². The number of fused-ring (bicyclic) bond motifs is 2. The minimum absolute atomic E-state index is 0.0300. The van der Waals surface area contributed by atoms with Crippen molar-refractivity contribution in [2.75, 3.05) is 13.1 Å². The quantitative estimate of drug-likeness (QED) is 0.904. The van der Waals surface area contributed by atoms with Crippen LogP contribution in [0.2, 0.25) is 0 Å². The van der Waals surface area contributed by atoms with E-state index in [0.717, 1.165) is 49.3 Å². The van der Waals surface area contributed by atoms with Crippen molar-refractivity contribution < 1.29 is 4.79 Å². The Bertz CT molecular complexity index is 824. The number of piperidine rings is 1. The summed E-state index contributed by atoms with van der Waals surface area (Å²) in [6.07, 6.45) is 6.06. The first-order chi connectivity index (χ1) is 12.4. The molecule has 1 atom stereocenters. The summed E-state index contributed by atoms with van der Waals surface area (Å²) >= 11 is 0. The lowest BCUT2D eigenvalue weighted by Gasteiger charge is -2.42. The van der Waals surface area contributed by atoms with Crippen molar-refractivity contribution >= 4 is 5.91 Å². The van der Waals surface area contributed by atoms with E-state index in [2.05, 4.69) is 4.98 Å². The monoisotopic (exact) mass is 350 g/mol. The van der Waals surface area contributed by atoms with Crippen LogP contribution >= 0.6 is 0 Å². The predicted octanol–water partition coefficient (Wildman–Crippen LogP) is 2.69. The van der Waals surface area contributed by atoms with E-state index in [-0.39, 0.29) is 11.3 Å². The maximum Gasteiger partial charge on any atom is 0.242 e. The van der Waals surface area contributed by atoms with E-state index in [1.165, 1.54) is 5.56 Å². The summed E-state index contributed by atoms with van der Waals surface area (Å²) in [5.41, 5.74) is 8.58. The van der Waals surface area contributed by atoms with E-state index in [1.54, 1.807) is 13.8 Å². The molecule has 1 unspecified atom stereocenters. The van der Waals surface area contributed by atoms with Crippen molar-refractivity contribution in [1.29, 1.82) is 0 Å². The van der Waals surface area contributed by atoms with E-state index in [1.807, 2.05) is 41.4 Å². The summed E-state index contributed by atoms with van der Waals surface area (Å²) in [5, 5.41) is 0. The zero-order chi connectivity index (χ0) is 18.4. The molecule has 2 aromatic rings. The minimum atomic E-state index is -0.833. The van der Waals surface area contributed by atoms with Gasteiger partial charge in [-0.2, -0.15) is 0 Å². The molecule has 0 saturated carbocycles. The number of carbonyl (C=O) groups is 1. The number of aryl methyl sites for hydroxylation is 1. The highest BCUT2D eigenvalue weighted by molar-refractivity contribution is 5.85. The molecular formula is C21H26N4O. The summed E-state index contributed by atoms with van der Waals surface area (Å²) in [6.45, 7) is 5.07. The van der Waals surface area contributed by atoms with Crippen LogP contribution in [0.4, 0.5) is 0 Å². The number of likely N-dealkylation sites (tertiary alicyclic amines) is 1. The standard InChI is InChI=1S/C21H26N4O/c1-20(2,22)19(26)25-12-6-10-21(14-25)11-9-16-13-23-18(24-17(16)21)15-7-4-3-5-8-15/h3-5,7-8,13H,6,9-12,14,22H2,1-2H3. The topological polar surface area (TPSA) is 72.1 Å². The number of amides is 1. The average Bonchev–Trinajstić information content (AvgIpc) is 2.98. The van der Waals surface area contributed by atoms with Crippen molar-refractivity contribution in [2.45, 2.75) is 50.5 Å². The summed E-state index contributed by atoms with van der Waals surface area (Å²) in [5.74, 6) is 0.801. The van der Waals surface area contributed by atoms with Gasteiger partial charge in [0, 0.05) is 30.3 Å². The molecule has 1 spiro atoms. The van der Waals surface area contributed by atoms with Crippen molar-refractivity contribution in [1.82, 2.24) is 14.9 Å². The van der Waals surface area contributed by atoms with Crippen LogP contribution in [-0.2, 0) is 16.6 Å². The van der Waals surface area contributed by atoms with Gasteiger partial charge in [0.15, 0.2) is 5.82 Å². The van der Waals surface area contributed by atoms with Crippen LogP contribution in [-0.4, -0.2) is 39.4 Å². The van der Waals surface area contributed by atoms with Crippen LogP contribution < -0.4 is 5.73 Å². The van der Waals surface area contributed by atoms with E-state index in [0.29, 0.717) is 6.54 Å². The van der Waals surface area contributed by atoms with Gasteiger partial charge in [-0.25, -0.2) is 9.97 Å². The van der Waals surface area contributed by atoms with E-state index < -0.39 is 5.54 Å². The van der Waals surface area contributed by atoms with Crippen LogP contribution in [0.1, 0.15) is 44.4 Å². The van der Waals surface area contributed by atoms with Crippen LogP contribution in [0.15, 0.2) is 36.5 Å². The lowest BCUT2D eigenvalue weighted by molar-refractivity contribution is -0.138. The molecule has 2 heterocycles. The van der Waals surface area contributed by atoms with E-state index >= 15 is 0 Å². The molecule has 4 rings (SSSR count). The maximum absolute atomic E-state index is 12.7. The molecule has 1 aliphatic heterocycles. The van der Waals surface area contributed by atoms with Gasteiger partial charge in [0.25, 0.3) is 0 Å². The first-order valence-corrected chi connectivity index (χ1v) is 9.39. The molecule has 136 valence electrons. The minimum Gasteiger partial charge on any atom is -0.340 e. The highest BCUT2D eigenvalue weighted by atomic mass is 16.2. The van der Waals surface area contributed by atoms with Gasteiger partial charge >= 0.3 is 0 Å². The molecule has 1 aromatic carbocycles. The molecule has 1 fully saturated rings. The maximum atomic E-state index is 12.7. The number of nitrogens with zero attached hydrogens (tertiary/aromatic N) is 3. The molecule has 0 bridgehead atoms. The first-order valence-electron chi connectivity index (χ1n) is 9.39. The Hall–Kier alpha value is -2.27. The summed E-state index contributed by atoms with van der Waals surface area (Å²) < 4.78 is 0. The van der Waals surface area contributed by atoms with Crippen molar-refractivity contribution in [3.63, 3.8) is 0 Å². The van der Waals surface area contributed by atoms with Gasteiger partial charge in [-0.1, -0.05) is 30.3 Å². The van der Waals surface area contributed by atoms with Gasteiger partial charge in [-0.05, 0) is 45.1 Å². The lowest BCUT2D eigenvalue weighted by atomic mass is 9.77. The molecule has 1 aromatic heterocycles. The molecule has 1 aliphatic carbocycles. The molecule has 26 heavy (non-hydrogen) atoms. The molecule has 5 heteroatoms. The lowest BCUT2D eigenvalue weighted by Crippen LogP contribution is -2.56. The van der Waals surface area contributed by atoms with Crippen molar-refractivity contribution in [3.8, 4) is 11.4 Å². The first kappa shape index (κ1) is 17.2. The third-order valence-electron chi connectivity index (χ3n) is 5.69. The fraction of sp³-hybridized carbons (Fsp3) is 0.476. The Labute approximate surface area is 154 Å². The number of benzene rings is 1. The summed E-state index contributed by atoms with van der Waals surface area (Å²) in [7, 11) is 0. The largest absolute Gasteiger partial charge is 0.340 e. The second kappa shape index (κ2) is 6.16. The van der Waals surface area contributed by atoms with Gasteiger partial charge in [-0.15, -0.1) is 0 Å². The summed E-state index contributed by atoms with van der Waals surface area (Å²) in [4.78, 5) is 24.2. The molecule has 0 radical (unpaired) electrons. The highest BCUT2D eigenvalue weighted by Gasteiger charge is 2.46. The highest BCUT2D eigenvalue weighted by Crippen LogP contribution is 2.44. The Morgan fingerprint density at radius 3 is 2.73 bits per heavy atom. The molecule has 2 N–H and O–H groups in total. The normalized spacial score (nSPS) is 22.5. The second-order valence-corrected chi connectivity index (χ2v) is 8.27. The Balaban J connectivity index is 1.69. The fourth-order valence-corrected chi connectivity index (χ4v) is 4.38. The second-order valence-electron chi connectivity index (χ2n) is 8.27. The number of aromatic nitrogens is 2. The van der Waals surface area contributed by atoms with Gasteiger partial charge < -0.3 is 10.6 Å². The van der Waals surface area contributed by atoms with Crippen LogP contribution in [0.25, 0.3) is 11.4 Å². The third-order valence-corrected chi connectivity index (χ3v) is 5.69. The van der Waals surface area contributed by atoms with Gasteiger partial charge in [0.05, 0.1) is 11.2 Å². The van der Waals surface area contributed by atoms with Crippen LogP contribution in [0, 0.1) is 0 Å². The van der Waals surface area contributed by atoms with Crippen LogP contribution in [0.5, 0.6) is 0 Å². The fourth-order valence-electron chi connectivity index (χ4n) is 4.38. The Morgan fingerprint density at radius 2 is 2.00 bits per heavy atom. The SMILES string of the molecule is CC(C)(N)C(=O)N1CCCC2(CCc3cnc(-c4ccccc4)nc32)C1. The molecule has 1 amide bonds. The molecule has 1 saturated heterocycles. The van der Waals surface area contributed by atoms with Crippen molar-refractivity contribution in [3.05, 3.63) is 47.8 Å². The van der Waals surface area contributed by atoms with Crippen molar-refractivity contribution in [2.24, 2.45) is 5.73 Å². The smallest absolute Gasteiger partial charge is 0.242 e. The van der Waals surface area contributed by atoms with E-state index in [9.17, 15) is 4.79 Å². The third kappa shape index (κ3) is 2.90. The number of rotatable bonds is 2. The van der Waals surface area contributed by atoms with Gasteiger partial charge in [0.2, 0.25) is 5.91 Å². The Kier molecular flexibility index (Phi) is 4.07. The summed E-state index contributed by atoms with van der Waals surface area (Å²) in [6, 6.07) is 10.1. The molecule has 2 aliphatic rings. The number of hydrogen-bond donors (Lipinski definition) is 1. The number of nitrogens with two attached hydrogens (primary N) is 1. The number of carbonyl (C=O) groups excluding carboxylic acids is 1. The number of hydrogen-bond acceptors (Lipinski definition) is 4. The zero-order valence-corrected chi connectivity index (χ0v) is 15.5. The predicted molar refractivity (Wildman–Crippen MR) is 102 cm³/mol. The van der Waals surface area contributed by atoms with E-state index in [4.69, 9.17) is 10.7 Å². The molecular weight excluding hydrogens is 324 g/mol. The Morgan fingerprint density at radius 1 is 1.23 bits per heavy atom. The average molecular weight is 350 g/mol. The zero-order valence-electron chi connectivity index (χ0n) is 15.5. The molecule has 5 nitrogen and oxygen atoms in total. The van der Waals surface area contributed by atoms with Gasteiger partial charge in [0.1, 0.15) is 0 Å².